The molecule has 0 amide bonds. The van der Waals surface area contributed by atoms with Gasteiger partial charge in [0.15, 0.2) is 0 Å². The molecule has 1 aliphatic rings. The number of allylic oxidation sites excluding steroid dienone is 1. The van der Waals surface area contributed by atoms with Crippen LogP contribution in [0.15, 0.2) is 34.1 Å². The van der Waals surface area contributed by atoms with Crippen molar-refractivity contribution in [2.24, 2.45) is 12.0 Å². The topological polar surface area (TPSA) is 70.4 Å². The Bertz CT molecular complexity index is 735. The first-order valence-corrected chi connectivity index (χ1v) is 5.50. The van der Waals surface area contributed by atoms with Gasteiger partial charge in [0.05, 0.1) is 5.69 Å². The number of para-hydroxylation sites is 1. The molecule has 1 aromatic carbocycles. The van der Waals surface area contributed by atoms with Crippen LogP contribution >= 0.6 is 0 Å². The molecule has 0 spiro atoms. The third kappa shape index (κ3) is 1.48. The minimum atomic E-state index is -0.345. The molecule has 0 fully saturated rings. The lowest BCUT2D eigenvalue weighted by atomic mass is 10.1. The van der Waals surface area contributed by atoms with E-state index in [1.807, 2.05) is 24.3 Å². The van der Waals surface area contributed by atoms with Crippen molar-refractivity contribution in [2.75, 3.05) is 0 Å². The van der Waals surface area contributed by atoms with E-state index in [4.69, 9.17) is 0 Å². The van der Waals surface area contributed by atoms with Crippen LogP contribution in [0, 0.1) is 0 Å². The lowest BCUT2D eigenvalue weighted by molar-refractivity contribution is 0.428. The van der Waals surface area contributed by atoms with Gasteiger partial charge in [0, 0.05) is 24.4 Å². The van der Waals surface area contributed by atoms with Gasteiger partial charge in [-0.2, -0.15) is 0 Å². The second-order valence-electron chi connectivity index (χ2n) is 4.10. The van der Waals surface area contributed by atoms with Gasteiger partial charge in [-0.05, 0) is 12.1 Å². The summed E-state index contributed by atoms with van der Waals surface area (Å²) in [5, 5.41) is 9.77. The molecule has 1 aliphatic heterocycles. The van der Waals surface area contributed by atoms with E-state index in [2.05, 4.69) is 9.98 Å². The van der Waals surface area contributed by atoms with Crippen molar-refractivity contribution >= 4 is 23.6 Å². The summed E-state index contributed by atoms with van der Waals surface area (Å²) in [5.41, 5.74) is 2.79. The molecule has 2 aromatic rings. The zero-order valence-electron chi connectivity index (χ0n) is 9.71. The Morgan fingerprint density at radius 1 is 1.39 bits per heavy atom. The molecule has 90 valence electrons. The average molecular weight is 241 g/mol. The average Bonchev–Trinajstić information content (AvgIpc) is 2.89. The van der Waals surface area contributed by atoms with Gasteiger partial charge in [-0.1, -0.05) is 18.2 Å². The number of fused-ring (bicyclic) bond motifs is 1. The molecular formula is C13H11N3O2. The van der Waals surface area contributed by atoms with Crippen LogP contribution in [0.4, 0.5) is 5.69 Å². The van der Waals surface area contributed by atoms with Gasteiger partial charge in [0.1, 0.15) is 5.69 Å². The lowest BCUT2D eigenvalue weighted by Crippen LogP contribution is -2.11. The monoisotopic (exact) mass is 241 g/mol. The first-order valence-electron chi connectivity index (χ1n) is 5.50. The number of hydrogen-bond acceptors (Lipinski definition) is 3. The summed E-state index contributed by atoms with van der Waals surface area (Å²) in [7, 11) is 1.51. The number of imidazole rings is 1. The molecule has 0 unspecified atom stereocenters. The van der Waals surface area contributed by atoms with Crippen LogP contribution in [0.5, 0.6) is 5.88 Å². The Morgan fingerprint density at radius 2 is 2.17 bits per heavy atom. The van der Waals surface area contributed by atoms with Crippen LogP contribution in [0.3, 0.4) is 0 Å². The van der Waals surface area contributed by atoms with Crippen LogP contribution in [-0.4, -0.2) is 20.9 Å². The number of aromatic nitrogens is 2. The number of hydrogen-bond donors (Lipinski definition) is 2. The highest BCUT2D eigenvalue weighted by Gasteiger charge is 2.13. The summed E-state index contributed by atoms with van der Waals surface area (Å²) in [6.45, 7) is 0. The van der Waals surface area contributed by atoms with Gasteiger partial charge < -0.3 is 10.1 Å². The van der Waals surface area contributed by atoms with E-state index in [1.165, 1.54) is 7.05 Å². The fourth-order valence-electron chi connectivity index (χ4n) is 1.94. The number of nitrogens with one attached hydrogen (secondary N) is 1. The second-order valence-corrected chi connectivity index (χ2v) is 4.10. The van der Waals surface area contributed by atoms with E-state index < -0.39 is 0 Å². The Morgan fingerprint density at radius 3 is 2.89 bits per heavy atom. The molecule has 1 aromatic heterocycles. The first-order chi connectivity index (χ1) is 8.66. The number of nitrogens with zero attached hydrogens (tertiary/aromatic N) is 2. The third-order valence-electron chi connectivity index (χ3n) is 2.96. The SMILES string of the molecule is Cn1c(O)c(C=C2C=Nc3ccccc32)[nH]c1=O. The number of benzene rings is 1. The largest absolute Gasteiger partial charge is 0.493 e. The van der Waals surface area contributed by atoms with Gasteiger partial charge in [0.25, 0.3) is 0 Å². The Hall–Kier alpha value is -2.56. The van der Waals surface area contributed by atoms with Crippen molar-refractivity contribution in [1.82, 2.24) is 9.55 Å². The molecule has 0 radical (unpaired) electrons. The van der Waals surface area contributed by atoms with Crippen LogP contribution < -0.4 is 5.69 Å². The maximum absolute atomic E-state index is 11.4. The number of aliphatic imine (C=N–C) groups is 1. The highest BCUT2D eigenvalue weighted by molar-refractivity contribution is 6.21. The van der Waals surface area contributed by atoms with E-state index in [1.54, 1.807) is 12.3 Å². The third-order valence-corrected chi connectivity index (χ3v) is 2.96. The number of aromatic amines is 1. The number of rotatable bonds is 1. The van der Waals surface area contributed by atoms with Crippen LogP contribution in [0.2, 0.25) is 0 Å². The molecule has 5 heteroatoms. The zero-order chi connectivity index (χ0) is 12.7. The fourth-order valence-corrected chi connectivity index (χ4v) is 1.94. The molecule has 3 rings (SSSR count). The standard InChI is InChI=1S/C13H11N3O2/c1-16-12(17)11(15-13(16)18)6-8-7-14-10-5-3-2-4-9(8)10/h2-7,17H,1H3,(H,15,18). The van der Waals surface area contributed by atoms with Crippen molar-refractivity contribution in [3.8, 4) is 5.88 Å². The molecule has 2 N–H and O–H groups in total. The van der Waals surface area contributed by atoms with Crippen molar-refractivity contribution in [2.45, 2.75) is 0 Å². The van der Waals surface area contributed by atoms with Crippen LogP contribution in [0.25, 0.3) is 11.6 Å². The maximum atomic E-state index is 11.4. The fraction of sp³-hybridized carbons (Fsp3) is 0.0769. The second kappa shape index (κ2) is 3.73. The van der Waals surface area contributed by atoms with Gasteiger partial charge in [-0.15, -0.1) is 0 Å². The molecule has 2 heterocycles. The molecule has 5 nitrogen and oxygen atoms in total. The van der Waals surface area contributed by atoms with Gasteiger partial charge in [-0.25, -0.2) is 4.79 Å². The van der Waals surface area contributed by atoms with E-state index in [-0.39, 0.29) is 11.6 Å². The Labute approximate surface area is 103 Å². The summed E-state index contributed by atoms with van der Waals surface area (Å²) < 4.78 is 1.16. The van der Waals surface area contributed by atoms with E-state index in [0.29, 0.717) is 5.69 Å². The minimum Gasteiger partial charge on any atom is -0.493 e. The van der Waals surface area contributed by atoms with Crippen molar-refractivity contribution in [3.63, 3.8) is 0 Å². The molecular weight excluding hydrogens is 230 g/mol. The zero-order valence-corrected chi connectivity index (χ0v) is 9.71. The quantitative estimate of drug-likeness (QED) is 0.797. The highest BCUT2D eigenvalue weighted by Crippen LogP contribution is 2.32. The molecule has 0 saturated heterocycles. The van der Waals surface area contributed by atoms with Crippen molar-refractivity contribution in [1.29, 1.82) is 0 Å². The van der Waals surface area contributed by atoms with Gasteiger partial charge in [-0.3, -0.25) is 9.56 Å². The molecule has 0 saturated carbocycles. The molecule has 0 aliphatic carbocycles. The van der Waals surface area contributed by atoms with Crippen molar-refractivity contribution in [3.05, 3.63) is 46.0 Å². The molecule has 0 atom stereocenters. The number of aromatic hydroxyl groups is 1. The van der Waals surface area contributed by atoms with E-state index in [0.717, 1.165) is 21.4 Å². The van der Waals surface area contributed by atoms with Gasteiger partial charge >= 0.3 is 5.69 Å². The Balaban J connectivity index is 2.12. The normalized spacial score (nSPS) is 15.3. The van der Waals surface area contributed by atoms with E-state index in [9.17, 15) is 9.90 Å². The van der Waals surface area contributed by atoms with Crippen molar-refractivity contribution < 1.29 is 5.11 Å². The summed E-state index contributed by atoms with van der Waals surface area (Å²) in [5.74, 6) is -0.0784. The highest BCUT2D eigenvalue weighted by atomic mass is 16.3. The lowest BCUT2D eigenvalue weighted by Gasteiger charge is -1.98. The summed E-state index contributed by atoms with van der Waals surface area (Å²) in [6.07, 6.45) is 3.43. The van der Waals surface area contributed by atoms with Crippen LogP contribution in [-0.2, 0) is 7.05 Å². The maximum Gasteiger partial charge on any atom is 0.328 e. The summed E-state index contributed by atoms with van der Waals surface area (Å²) in [6, 6.07) is 7.71. The smallest absolute Gasteiger partial charge is 0.328 e. The molecule has 18 heavy (non-hydrogen) atoms. The number of H-pyrrole nitrogens is 1. The Kier molecular flexibility index (Phi) is 2.19. The van der Waals surface area contributed by atoms with Gasteiger partial charge in [0.2, 0.25) is 5.88 Å². The summed E-state index contributed by atoms with van der Waals surface area (Å²) >= 11 is 0. The summed E-state index contributed by atoms with van der Waals surface area (Å²) in [4.78, 5) is 18.2. The predicted molar refractivity (Wildman–Crippen MR) is 70.2 cm³/mol. The van der Waals surface area contributed by atoms with E-state index >= 15 is 0 Å². The minimum absolute atomic E-state index is 0.0784. The van der Waals surface area contributed by atoms with Crippen LogP contribution in [0.1, 0.15) is 11.3 Å². The predicted octanol–water partition coefficient (Wildman–Crippen LogP) is 1.68. The molecule has 0 bridgehead atoms. The first kappa shape index (κ1) is 10.6.